The van der Waals surface area contributed by atoms with Gasteiger partial charge >= 0.3 is 0 Å². The van der Waals surface area contributed by atoms with Crippen LogP contribution in [-0.4, -0.2) is 8.32 Å². The van der Waals surface area contributed by atoms with Gasteiger partial charge in [-0.3, -0.25) is 0 Å². The van der Waals surface area contributed by atoms with Crippen LogP contribution in [0.15, 0.2) is 48.2 Å². The Kier molecular flexibility index (Phi) is 4.61. The zero-order chi connectivity index (χ0) is 17.4. The fourth-order valence-corrected chi connectivity index (χ4v) is 4.28. The molecule has 0 N–H and O–H groups in total. The van der Waals surface area contributed by atoms with Crippen molar-refractivity contribution in [2.75, 3.05) is 0 Å². The Bertz CT molecular complexity index is 765. The zero-order valence-corrected chi connectivity index (χ0v) is 16.8. The minimum Gasteiger partial charge on any atom is -0.546 e. The Morgan fingerprint density at radius 2 is 1.54 bits per heavy atom. The van der Waals surface area contributed by atoms with Crippen molar-refractivity contribution < 1.29 is 4.43 Å². The van der Waals surface area contributed by atoms with E-state index in [1.165, 1.54) is 40.5 Å². The number of hydrogen-bond acceptors (Lipinski definition) is 1. The van der Waals surface area contributed by atoms with Crippen LogP contribution in [0.1, 0.15) is 52.0 Å². The second-order valence-electron chi connectivity index (χ2n) is 8.53. The molecule has 0 unspecified atom stereocenters. The van der Waals surface area contributed by atoms with Gasteiger partial charge in [-0.25, -0.2) is 0 Å². The molecule has 0 bridgehead atoms. The van der Waals surface area contributed by atoms with Crippen molar-refractivity contribution >= 4 is 24.7 Å². The Hall–Kier alpha value is -1.54. The third kappa shape index (κ3) is 3.44. The van der Waals surface area contributed by atoms with Crippen molar-refractivity contribution in [3.8, 4) is 0 Å². The molecule has 0 saturated heterocycles. The van der Waals surface area contributed by atoms with E-state index in [-0.39, 0.29) is 5.04 Å². The van der Waals surface area contributed by atoms with Crippen LogP contribution in [-0.2, 0) is 4.43 Å². The minimum absolute atomic E-state index is 0.242. The molecule has 2 aromatic rings. The molecule has 2 aromatic carbocycles. The van der Waals surface area contributed by atoms with Crippen molar-refractivity contribution in [1.29, 1.82) is 0 Å². The average molecular weight is 339 g/mol. The summed E-state index contributed by atoms with van der Waals surface area (Å²) in [6, 6.07) is 15.5. The minimum atomic E-state index is -1.78. The van der Waals surface area contributed by atoms with Gasteiger partial charge in [0.1, 0.15) is 0 Å². The van der Waals surface area contributed by atoms with Crippen LogP contribution >= 0.6 is 0 Å². The van der Waals surface area contributed by atoms with E-state index in [1.807, 2.05) is 0 Å². The summed E-state index contributed by atoms with van der Waals surface area (Å²) in [7, 11) is -1.78. The van der Waals surface area contributed by atoms with Crippen molar-refractivity contribution in [1.82, 2.24) is 0 Å². The van der Waals surface area contributed by atoms with Gasteiger partial charge in [-0.1, -0.05) is 57.2 Å². The number of hydrogen-bond donors (Lipinski definition) is 0. The fraction of sp³-hybridized carbons (Fsp3) is 0.455. The average Bonchev–Trinajstić information content (AvgIpc) is 2.53. The number of allylic oxidation sites excluding steroid dienone is 2. The van der Waals surface area contributed by atoms with Crippen molar-refractivity contribution in [2.45, 2.75) is 64.6 Å². The van der Waals surface area contributed by atoms with E-state index in [9.17, 15) is 0 Å². The molecule has 1 aliphatic carbocycles. The van der Waals surface area contributed by atoms with E-state index in [0.29, 0.717) is 0 Å². The summed E-state index contributed by atoms with van der Waals surface area (Å²) < 4.78 is 6.74. The molecule has 0 fully saturated rings. The number of rotatable bonds is 3. The highest BCUT2D eigenvalue weighted by Crippen LogP contribution is 2.42. The molecule has 0 aromatic heterocycles. The molecule has 0 saturated carbocycles. The van der Waals surface area contributed by atoms with Gasteiger partial charge in [0.25, 0.3) is 0 Å². The second kappa shape index (κ2) is 6.40. The normalized spacial score (nSPS) is 16.5. The van der Waals surface area contributed by atoms with E-state index >= 15 is 0 Å². The number of fused-ring (bicyclic) bond motifs is 1. The first kappa shape index (κ1) is 17.3. The first-order valence-corrected chi connectivity index (χ1v) is 12.1. The van der Waals surface area contributed by atoms with E-state index in [0.717, 1.165) is 12.8 Å². The summed E-state index contributed by atoms with van der Waals surface area (Å²) in [4.78, 5) is 0. The van der Waals surface area contributed by atoms with Gasteiger partial charge in [-0.05, 0) is 65.4 Å². The lowest BCUT2D eigenvalue weighted by Crippen LogP contribution is -2.40. The SMILES string of the molecule is CC(C)(C)[Si](C)(C)OC1=C(c2ccc3ccccc3c2)CCCC1. The standard InChI is InChI=1S/C22H30OSi/c1-22(2,3)24(4,5)23-21-13-9-8-12-20(21)19-15-14-17-10-6-7-11-18(17)16-19/h6-7,10-11,14-16H,8-9,12-13H2,1-5H3. The third-order valence-electron chi connectivity index (χ3n) is 5.70. The van der Waals surface area contributed by atoms with Crippen molar-refractivity contribution in [3.63, 3.8) is 0 Å². The first-order chi connectivity index (χ1) is 11.3. The highest BCUT2D eigenvalue weighted by atomic mass is 28.4. The van der Waals surface area contributed by atoms with Crippen LogP contribution in [0.25, 0.3) is 16.3 Å². The maximum atomic E-state index is 6.74. The summed E-state index contributed by atoms with van der Waals surface area (Å²) in [6.07, 6.45) is 4.75. The lowest BCUT2D eigenvalue weighted by Gasteiger charge is -2.39. The molecule has 3 rings (SSSR count). The van der Waals surface area contributed by atoms with Crippen molar-refractivity contribution in [3.05, 3.63) is 53.8 Å². The molecule has 0 atom stereocenters. The maximum absolute atomic E-state index is 6.74. The molecule has 128 valence electrons. The smallest absolute Gasteiger partial charge is 0.250 e. The molecule has 1 aliphatic rings. The molecular formula is C22H30OSi. The molecule has 0 amide bonds. The highest BCUT2D eigenvalue weighted by Gasteiger charge is 2.40. The van der Waals surface area contributed by atoms with Gasteiger partial charge in [0.2, 0.25) is 8.32 Å². The summed E-state index contributed by atoms with van der Waals surface area (Å²) in [5.41, 5.74) is 2.79. The quantitative estimate of drug-likeness (QED) is 0.540. The van der Waals surface area contributed by atoms with Gasteiger partial charge in [0, 0.05) is 6.42 Å². The van der Waals surface area contributed by atoms with E-state index in [2.05, 4.69) is 76.3 Å². The lowest BCUT2D eigenvalue weighted by atomic mass is 9.91. The largest absolute Gasteiger partial charge is 0.546 e. The first-order valence-electron chi connectivity index (χ1n) is 9.18. The third-order valence-corrected chi connectivity index (χ3v) is 10.1. The van der Waals surface area contributed by atoms with Crippen LogP contribution in [0.3, 0.4) is 0 Å². The monoisotopic (exact) mass is 338 g/mol. The summed E-state index contributed by atoms with van der Waals surface area (Å²) in [6.45, 7) is 11.7. The predicted octanol–water partition coefficient (Wildman–Crippen LogP) is 7.15. The molecule has 0 heterocycles. The Morgan fingerprint density at radius 1 is 0.875 bits per heavy atom. The molecule has 24 heavy (non-hydrogen) atoms. The summed E-state index contributed by atoms with van der Waals surface area (Å²) in [5.74, 6) is 1.27. The van der Waals surface area contributed by atoms with Gasteiger partial charge in [-0.2, -0.15) is 0 Å². The maximum Gasteiger partial charge on any atom is 0.250 e. The van der Waals surface area contributed by atoms with Crippen molar-refractivity contribution in [2.24, 2.45) is 0 Å². The fourth-order valence-electron chi connectivity index (χ4n) is 3.13. The molecule has 0 aliphatic heterocycles. The molecule has 2 heteroatoms. The highest BCUT2D eigenvalue weighted by molar-refractivity contribution is 6.74. The zero-order valence-electron chi connectivity index (χ0n) is 15.8. The summed E-state index contributed by atoms with van der Waals surface area (Å²) >= 11 is 0. The Morgan fingerprint density at radius 3 is 2.25 bits per heavy atom. The second-order valence-corrected chi connectivity index (χ2v) is 13.3. The Balaban J connectivity index is 2.02. The van der Waals surface area contributed by atoms with Crippen LogP contribution < -0.4 is 0 Å². The van der Waals surface area contributed by atoms with E-state index in [1.54, 1.807) is 0 Å². The molecule has 0 spiro atoms. The van der Waals surface area contributed by atoms with Gasteiger partial charge < -0.3 is 4.43 Å². The lowest BCUT2D eigenvalue weighted by molar-refractivity contribution is 0.356. The topological polar surface area (TPSA) is 9.23 Å². The molecule has 1 nitrogen and oxygen atoms in total. The van der Waals surface area contributed by atoms with Gasteiger partial charge in [-0.15, -0.1) is 0 Å². The molecular weight excluding hydrogens is 308 g/mol. The molecule has 0 radical (unpaired) electrons. The van der Waals surface area contributed by atoms with Crippen LogP contribution in [0.4, 0.5) is 0 Å². The van der Waals surface area contributed by atoms with Crippen LogP contribution in [0.5, 0.6) is 0 Å². The van der Waals surface area contributed by atoms with E-state index in [4.69, 9.17) is 4.43 Å². The van der Waals surface area contributed by atoms with E-state index < -0.39 is 8.32 Å². The Labute approximate surface area is 147 Å². The van der Waals surface area contributed by atoms with Crippen LogP contribution in [0, 0.1) is 0 Å². The van der Waals surface area contributed by atoms with Crippen LogP contribution in [0.2, 0.25) is 18.1 Å². The van der Waals surface area contributed by atoms with Gasteiger partial charge in [0.15, 0.2) is 0 Å². The number of benzene rings is 2. The summed E-state index contributed by atoms with van der Waals surface area (Å²) in [5, 5.41) is 2.87. The predicted molar refractivity (Wildman–Crippen MR) is 108 cm³/mol. The van der Waals surface area contributed by atoms with Gasteiger partial charge in [0.05, 0.1) is 5.76 Å².